The zero-order valence-corrected chi connectivity index (χ0v) is 17.1. The lowest BCUT2D eigenvalue weighted by Gasteiger charge is -2.31. The van der Waals surface area contributed by atoms with Crippen molar-refractivity contribution in [1.29, 1.82) is 0 Å². The van der Waals surface area contributed by atoms with Crippen LogP contribution in [0.4, 0.5) is 18.9 Å². The molecule has 1 fully saturated rings. The number of alkyl halides is 3. The lowest BCUT2D eigenvalue weighted by atomic mass is 9.84. The molecule has 1 saturated carbocycles. The van der Waals surface area contributed by atoms with Gasteiger partial charge < -0.3 is 0 Å². The Balaban J connectivity index is 2.02. The van der Waals surface area contributed by atoms with E-state index < -0.39 is 23.7 Å². The highest BCUT2D eigenvalue weighted by atomic mass is 32.1. The molecule has 0 saturated heterocycles. The van der Waals surface area contributed by atoms with E-state index in [0.29, 0.717) is 4.88 Å². The third-order valence-corrected chi connectivity index (χ3v) is 6.31. The van der Waals surface area contributed by atoms with Gasteiger partial charge in [0.15, 0.2) is 5.78 Å². The first kappa shape index (κ1) is 22.1. The first-order chi connectivity index (χ1) is 14.3. The third-order valence-electron chi connectivity index (χ3n) is 5.38. The van der Waals surface area contributed by atoms with Crippen LogP contribution < -0.4 is 4.90 Å². The van der Waals surface area contributed by atoms with Crippen molar-refractivity contribution in [2.24, 2.45) is 5.92 Å². The zero-order valence-electron chi connectivity index (χ0n) is 16.3. The highest BCUT2D eigenvalue weighted by Gasteiger charge is 2.36. The van der Waals surface area contributed by atoms with E-state index in [0.717, 1.165) is 49.1 Å². The van der Waals surface area contributed by atoms with Gasteiger partial charge in [-0.2, -0.15) is 13.2 Å². The molecule has 1 atom stereocenters. The van der Waals surface area contributed by atoms with Crippen LogP contribution in [0, 0.1) is 18.3 Å². The topological polar surface area (TPSA) is 37.4 Å². The number of terminal acetylenes is 1. The molecule has 0 aliphatic heterocycles. The van der Waals surface area contributed by atoms with Crippen molar-refractivity contribution in [3.63, 3.8) is 0 Å². The monoisotopic (exact) mass is 433 g/mol. The highest BCUT2D eigenvalue weighted by molar-refractivity contribution is 7.10. The molecule has 158 valence electrons. The second kappa shape index (κ2) is 9.48. The molecule has 1 aromatic heterocycles. The van der Waals surface area contributed by atoms with Crippen LogP contribution in [0.1, 0.15) is 55.0 Å². The Morgan fingerprint density at radius 1 is 1.17 bits per heavy atom. The van der Waals surface area contributed by atoms with Gasteiger partial charge in [0.2, 0.25) is 0 Å². The van der Waals surface area contributed by atoms with Crippen molar-refractivity contribution in [3.05, 3.63) is 52.2 Å². The number of thiophene rings is 1. The van der Waals surface area contributed by atoms with Gasteiger partial charge in [-0.15, -0.1) is 17.8 Å². The van der Waals surface area contributed by atoms with Gasteiger partial charge in [-0.3, -0.25) is 14.5 Å². The molecule has 0 radical (unpaired) electrons. The van der Waals surface area contributed by atoms with E-state index >= 15 is 0 Å². The molecule has 1 amide bonds. The standard InChI is InChI=1S/C23H22F3NO2S/c1-2-21(29)27(18-11-6-10-17(15-18)23(24,25)26)22(20-12-7-13-30-20)19(28)14-16-8-4-3-5-9-16/h1,6-7,10-13,15-16,22H,3-5,8-9,14H2. The van der Waals surface area contributed by atoms with Gasteiger partial charge in [-0.1, -0.05) is 44.2 Å². The summed E-state index contributed by atoms with van der Waals surface area (Å²) in [4.78, 5) is 27.6. The summed E-state index contributed by atoms with van der Waals surface area (Å²) in [6.07, 6.45) is 6.17. The van der Waals surface area contributed by atoms with Crippen LogP contribution in [-0.2, 0) is 15.8 Å². The van der Waals surface area contributed by atoms with Crippen molar-refractivity contribution in [3.8, 4) is 12.3 Å². The highest BCUT2D eigenvalue weighted by Crippen LogP contribution is 2.37. The van der Waals surface area contributed by atoms with Crippen LogP contribution >= 0.6 is 11.3 Å². The van der Waals surface area contributed by atoms with Crippen molar-refractivity contribution in [1.82, 2.24) is 0 Å². The fourth-order valence-corrected chi connectivity index (χ4v) is 4.79. The minimum Gasteiger partial charge on any atom is -0.297 e. The Hall–Kier alpha value is -2.59. The number of carbonyl (C=O) groups is 2. The first-order valence-corrected chi connectivity index (χ1v) is 10.7. The molecule has 1 aliphatic rings. The lowest BCUT2D eigenvalue weighted by molar-refractivity contribution is -0.137. The van der Waals surface area contributed by atoms with Gasteiger partial charge in [0, 0.05) is 17.0 Å². The number of carbonyl (C=O) groups excluding carboxylic acids is 2. The largest absolute Gasteiger partial charge is 0.416 e. The Morgan fingerprint density at radius 2 is 1.90 bits per heavy atom. The smallest absolute Gasteiger partial charge is 0.297 e. The molecule has 0 bridgehead atoms. The van der Waals surface area contributed by atoms with Gasteiger partial charge >= 0.3 is 12.1 Å². The van der Waals surface area contributed by atoms with Crippen LogP contribution in [0.15, 0.2) is 41.8 Å². The number of Topliss-reactive ketones (excluding diaryl/α,β-unsaturated/α-hetero) is 1. The zero-order chi connectivity index (χ0) is 21.7. The summed E-state index contributed by atoms with van der Waals surface area (Å²) in [7, 11) is 0. The molecular weight excluding hydrogens is 411 g/mol. The number of ketones is 1. The van der Waals surface area contributed by atoms with Crippen LogP contribution in [-0.4, -0.2) is 11.7 Å². The van der Waals surface area contributed by atoms with Crippen LogP contribution in [0.3, 0.4) is 0 Å². The number of benzene rings is 1. The summed E-state index contributed by atoms with van der Waals surface area (Å²) in [6, 6.07) is 6.78. The van der Waals surface area contributed by atoms with E-state index in [1.165, 1.54) is 23.5 Å². The Kier molecular flexibility index (Phi) is 6.99. The van der Waals surface area contributed by atoms with Crippen LogP contribution in [0.25, 0.3) is 0 Å². The first-order valence-electron chi connectivity index (χ1n) is 9.84. The second-order valence-corrected chi connectivity index (χ2v) is 8.44. The predicted molar refractivity (Wildman–Crippen MR) is 111 cm³/mol. The SMILES string of the molecule is C#CC(=O)N(c1cccc(C(F)(F)F)c1)C(C(=O)CC1CCCCC1)c1cccs1. The minimum absolute atomic E-state index is 0.0387. The average molecular weight is 433 g/mol. The number of amides is 1. The maximum atomic E-state index is 13.3. The molecule has 3 rings (SSSR count). The van der Waals surface area contributed by atoms with Crippen molar-refractivity contribution < 1.29 is 22.8 Å². The minimum atomic E-state index is -4.58. The molecule has 1 aliphatic carbocycles. The van der Waals surface area contributed by atoms with Gasteiger partial charge in [0.05, 0.1) is 5.56 Å². The number of nitrogens with zero attached hydrogens (tertiary/aromatic N) is 1. The van der Waals surface area contributed by atoms with E-state index in [2.05, 4.69) is 0 Å². The van der Waals surface area contributed by atoms with E-state index in [4.69, 9.17) is 6.42 Å². The molecule has 0 spiro atoms. The van der Waals surface area contributed by atoms with E-state index in [1.54, 1.807) is 17.5 Å². The molecule has 3 nitrogen and oxygen atoms in total. The summed E-state index contributed by atoms with van der Waals surface area (Å²) in [6.45, 7) is 0. The normalized spacial score (nSPS) is 15.9. The summed E-state index contributed by atoms with van der Waals surface area (Å²) in [5.41, 5.74) is -0.942. The molecule has 1 heterocycles. The van der Waals surface area contributed by atoms with Gasteiger partial charge in [0.1, 0.15) is 6.04 Å². The fraction of sp³-hybridized carbons (Fsp3) is 0.391. The lowest BCUT2D eigenvalue weighted by Crippen LogP contribution is -2.39. The molecular formula is C23H22F3NO2S. The number of halogens is 3. The maximum absolute atomic E-state index is 13.3. The Labute approximate surface area is 177 Å². The molecule has 1 unspecified atom stereocenters. The number of rotatable bonds is 6. The van der Waals surface area contributed by atoms with Crippen LogP contribution in [0.2, 0.25) is 0 Å². The molecule has 2 aromatic rings. The number of hydrogen-bond acceptors (Lipinski definition) is 3. The summed E-state index contributed by atoms with van der Waals surface area (Å²) < 4.78 is 39.7. The quantitative estimate of drug-likeness (QED) is 0.523. The molecule has 7 heteroatoms. The summed E-state index contributed by atoms with van der Waals surface area (Å²) in [5, 5.41) is 1.76. The van der Waals surface area contributed by atoms with E-state index in [-0.39, 0.29) is 23.8 Å². The van der Waals surface area contributed by atoms with Crippen molar-refractivity contribution >= 4 is 28.7 Å². The van der Waals surface area contributed by atoms with Crippen molar-refractivity contribution in [2.45, 2.75) is 50.7 Å². The Bertz CT molecular complexity index is 925. The number of hydrogen-bond donors (Lipinski definition) is 0. The average Bonchev–Trinajstić information content (AvgIpc) is 3.25. The Morgan fingerprint density at radius 3 is 2.50 bits per heavy atom. The molecule has 0 N–H and O–H groups in total. The van der Waals surface area contributed by atoms with Crippen molar-refractivity contribution in [2.75, 3.05) is 4.90 Å². The van der Waals surface area contributed by atoms with Gasteiger partial charge in [-0.25, -0.2) is 0 Å². The maximum Gasteiger partial charge on any atom is 0.416 e. The fourth-order valence-electron chi connectivity index (χ4n) is 3.95. The number of anilines is 1. The summed E-state index contributed by atoms with van der Waals surface area (Å²) in [5.74, 6) is 1.15. The van der Waals surface area contributed by atoms with Gasteiger partial charge in [-0.05, 0) is 41.5 Å². The van der Waals surface area contributed by atoms with E-state index in [9.17, 15) is 22.8 Å². The van der Waals surface area contributed by atoms with Crippen LogP contribution in [0.5, 0.6) is 0 Å². The molecule has 1 aromatic carbocycles. The van der Waals surface area contributed by atoms with E-state index in [1.807, 2.05) is 5.92 Å². The predicted octanol–water partition coefficient (Wildman–Crippen LogP) is 6.01. The molecule has 30 heavy (non-hydrogen) atoms. The summed E-state index contributed by atoms with van der Waals surface area (Å²) >= 11 is 1.28. The van der Waals surface area contributed by atoms with Gasteiger partial charge in [0.25, 0.3) is 0 Å². The second-order valence-electron chi connectivity index (χ2n) is 7.46. The third kappa shape index (κ3) is 5.11.